The Labute approximate surface area is 119 Å². The molecule has 0 aliphatic carbocycles. The molecule has 102 valence electrons. The van der Waals surface area contributed by atoms with Crippen LogP contribution in [0.4, 0.5) is 5.13 Å². The molecule has 1 N–H and O–H groups in total. The van der Waals surface area contributed by atoms with Gasteiger partial charge in [-0.05, 0) is 30.7 Å². The first kappa shape index (κ1) is 12.6. The van der Waals surface area contributed by atoms with Gasteiger partial charge in [-0.1, -0.05) is 17.4 Å². The summed E-state index contributed by atoms with van der Waals surface area (Å²) < 4.78 is 10.5. The summed E-state index contributed by atoms with van der Waals surface area (Å²) in [5.74, 6) is 1.15. The van der Waals surface area contributed by atoms with Crippen LogP contribution in [0.15, 0.2) is 24.3 Å². The number of carbonyl (C=O) groups excluding carboxylic acids is 1. The summed E-state index contributed by atoms with van der Waals surface area (Å²) in [7, 11) is 0. The lowest BCUT2D eigenvalue weighted by Gasteiger charge is -1.98. The van der Waals surface area contributed by atoms with Crippen molar-refractivity contribution < 1.29 is 14.3 Å². The minimum absolute atomic E-state index is 0.236. The lowest BCUT2D eigenvalue weighted by Crippen LogP contribution is -2.07. The molecule has 0 fully saturated rings. The molecular weight excluding hydrogens is 278 g/mol. The number of rotatable bonds is 3. The molecule has 0 saturated carbocycles. The molecule has 20 heavy (non-hydrogen) atoms. The topological polar surface area (TPSA) is 73.3 Å². The second-order valence-corrected chi connectivity index (χ2v) is 5.24. The monoisotopic (exact) mass is 289 g/mol. The summed E-state index contributed by atoms with van der Waals surface area (Å²) >= 11 is 1.33. The number of benzene rings is 1. The summed E-state index contributed by atoms with van der Waals surface area (Å²) in [6, 6.07) is 5.49. The van der Waals surface area contributed by atoms with E-state index in [0.717, 1.165) is 16.3 Å². The van der Waals surface area contributed by atoms with Gasteiger partial charge in [0.2, 0.25) is 17.8 Å². The van der Waals surface area contributed by atoms with E-state index in [0.29, 0.717) is 10.9 Å². The van der Waals surface area contributed by atoms with Gasteiger partial charge in [0.25, 0.3) is 0 Å². The number of carbonyl (C=O) groups is 1. The average Bonchev–Trinajstić information content (AvgIpc) is 3.04. The van der Waals surface area contributed by atoms with Crippen LogP contribution in [0.25, 0.3) is 6.08 Å². The lowest BCUT2D eigenvalue weighted by molar-refractivity contribution is -0.111. The summed E-state index contributed by atoms with van der Waals surface area (Å²) in [5.41, 5.74) is 0.859. The molecule has 1 aromatic carbocycles. The van der Waals surface area contributed by atoms with Gasteiger partial charge in [0.1, 0.15) is 5.01 Å². The largest absolute Gasteiger partial charge is 0.454 e. The number of hydrogen-bond acceptors (Lipinski definition) is 6. The lowest BCUT2D eigenvalue weighted by atomic mass is 10.2. The summed E-state index contributed by atoms with van der Waals surface area (Å²) in [4.78, 5) is 11.7. The number of fused-ring (bicyclic) bond motifs is 1. The van der Waals surface area contributed by atoms with Crippen LogP contribution >= 0.6 is 11.3 Å². The molecular formula is C13H11N3O3S. The summed E-state index contributed by atoms with van der Waals surface area (Å²) in [5, 5.41) is 11.6. The van der Waals surface area contributed by atoms with Crippen LogP contribution in [-0.2, 0) is 4.79 Å². The number of hydrogen-bond donors (Lipinski definition) is 1. The maximum absolute atomic E-state index is 11.7. The molecule has 1 amide bonds. The number of amides is 1. The molecule has 2 heterocycles. The summed E-state index contributed by atoms with van der Waals surface area (Å²) in [6.45, 7) is 2.06. The van der Waals surface area contributed by atoms with Crippen molar-refractivity contribution in [3.8, 4) is 11.5 Å². The zero-order valence-corrected chi connectivity index (χ0v) is 11.4. The Morgan fingerprint density at radius 1 is 1.35 bits per heavy atom. The molecule has 6 nitrogen and oxygen atoms in total. The maximum atomic E-state index is 11.7. The minimum atomic E-state index is -0.251. The van der Waals surface area contributed by atoms with Crippen molar-refractivity contribution in [2.24, 2.45) is 0 Å². The first-order valence-electron chi connectivity index (χ1n) is 5.89. The fourth-order valence-corrected chi connectivity index (χ4v) is 2.28. The fraction of sp³-hybridized carbons (Fsp3) is 0.154. The molecule has 0 radical (unpaired) electrons. The third kappa shape index (κ3) is 2.77. The molecule has 1 aromatic heterocycles. The smallest absolute Gasteiger partial charge is 0.250 e. The highest BCUT2D eigenvalue weighted by molar-refractivity contribution is 7.15. The van der Waals surface area contributed by atoms with E-state index in [4.69, 9.17) is 9.47 Å². The van der Waals surface area contributed by atoms with Crippen molar-refractivity contribution in [3.63, 3.8) is 0 Å². The molecule has 1 aliphatic rings. The van der Waals surface area contributed by atoms with E-state index in [-0.39, 0.29) is 12.7 Å². The van der Waals surface area contributed by atoms with E-state index < -0.39 is 0 Å². The highest BCUT2D eigenvalue weighted by Crippen LogP contribution is 2.32. The van der Waals surface area contributed by atoms with Crippen molar-refractivity contribution in [1.29, 1.82) is 0 Å². The highest BCUT2D eigenvalue weighted by atomic mass is 32.1. The van der Waals surface area contributed by atoms with E-state index in [1.165, 1.54) is 17.4 Å². The molecule has 0 atom stereocenters. The van der Waals surface area contributed by atoms with Crippen molar-refractivity contribution in [1.82, 2.24) is 10.2 Å². The molecule has 0 saturated heterocycles. The maximum Gasteiger partial charge on any atom is 0.250 e. The Morgan fingerprint density at radius 2 is 2.20 bits per heavy atom. The number of nitrogens with zero attached hydrogens (tertiary/aromatic N) is 2. The molecule has 0 spiro atoms. The van der Waals surface area contributed by atoms with Crippen LogP contribution in [0.5, 0.6) is 11.5 Å². The van der Waals surface area contributed by atoms with E-state index in [1.807, 2.05) is 25.1 Å². The van der Waals surface area contributed by atoms with Crippen LogP contribution in [0.1, 0.15) is 10.6 Å². The highest BCUT2D eigenvalue weighted by Gasteiger charge is 2.12. The van der Waals surface area contributed by atoms with Crippen LogP contribution in [0.3, 0.4) is 0 Å². The Bertz CT molecular complexity index is 681. The van der Waals surface area contributed by atoms with Gasteiger partial charge in [0.05, 0.1) is 0 Å². The Hall–Kier alpha value is -2.41. The zero-order chi connectivity index (χ0) is 13.9. The Morgan fingerprint density at radius 3 is 3.00 bits per heavy atom. The molecule has 0 bridgehead atoms. The van der Waals surface area contributed by atoms with E-state index in [1.54, 1.807) is 6.08 Å². The summed E-state index contributed by atoms with van der Waals surface area (Å²) in [6.07, 6.45) is 3.14. The van der Waals surface area contributed by atoms with Gasteiger partial charge in [0, 0.05) is 6.08 Å². The molecule has 3 rings (SSSR count). The van der Waals surface area contributed by atoms with E-state index in [9.17, 15) is 4.79 Å². The second kappa shape index (κ2) is 5.30. The Kier molecular flexibility index (Phi) is 3.34. The molecule has 0 unspecified atom stereocenters. The molecule has 1 aliphatic heterocycles. The quantitative estimate of drug-likeness (QED) is 0.877. The predicted octanol–water partition coefficient (Wildman–Crippen LogP) is 2.23. The third-order valence-electron chi connectivity index (χ3n) is 2.58. The van der Waals surface area contributed by atoms with Crippen LogP contribution in [0.2, 0.25) is 0 Å². The predicted molar refractivity (Wildman–Crippen MR) is 74.9 cm³/mol. The minimum Gasteiger partial charge on any atom is -0.454 e. The van der Waals surface area contributed by atoms with Gasteiger partial charge >= 0.3 is 0 Å². The zero-order valence-electron chi connectivity index (χ0n) is 10.6. The molecule has 7 heteroatoms. The van der Waals surface area contributed by atoms with Crippen LogP contribution < -0.4 is 14.8 Å². The van der Waals surface area contributed by atoms with Crippen LogP contribution in [-0.4, -0.2) is 22.9 Å². The van der Waals surface area contributed by atoms with Crippen molar-refractivity contribution in [2.45, 2.75) is 6.92 Å². The van der Waals surface area contributed by atoms with Crippen molar-refractivity contribution in [3.05, 3.63) is 34.8 Å². The third-order valence-corrected chi connectivity index (χ3v) is 3.33. The van der Waals surface area contributed by atoms with E-state index >= 15 is 0 Å². The molecule has 2 aromatic rings. The number of ether oxygens (including phenoxy) is 2. The number of nitrogens with one attached hydrogen (secondary N) is 1. The number of aromatic nitrogens is 2. The van der Waals surface area contributed by atoms with E-state index in [2.05, 4.69) is 15.5 Å². The van der Waals surface area contributed by atoms with Gasteiger partial charge in [-0.2, -0.15) is 0 Å². The number of aryl methyl sites for hydroxylation is 1. The average molecular weight is 289 g/mol. The SMILES string of the molecule is Cc1nnc(NC(=O)/C=C/c2ccc3c(c2)OCO3)s1. The van der Waals surface area contributed by atoms with Gasteiger partial charge in [-0.3, -0.25) is 10.1 Å². The van der Waals surface area contributed by atoms with Crippen molar-refractivity contribution in [2.75, 3.05) is 12.1 Å². The Balaban J connectivity index is 1.66. The standard InChI is InChI=1S/C13H11N3O3S/c1-8-15-16-13(20-8)14-12(17)5-3-9-2-4-10-11(6-9)19-7-18-10/h2-6H,7H2,1H3,(H,14,16,17)/b5-3+. The van der Waals surface area contributed by atoms with Crippen LogP contribution in [0, 0.1) is 6.92 Å². The van der Waals surface area contributed by atoms with Gasteiger partial charge in [-0.25, -0.2) is 0 Å². The second-order valence-electron chi connectivity index (χ2n) is 4.06. The first-order chi connectivity index (χ1) is 9.70. The normalized spacial score (nSPS) is 12.8. The fourth-order valence-electron chi connectivity index (χ4n) is 1.68. The van der Waals surface area contributed by atoms with Gasteiger partial charge < -0.3 is 9.47 Å². The first-order valence-corrected chi connectivity index (χ1v) is 6.71. The van der Waals surface area contributed by atoms with Gasteiger partial charge in [-0.15, -0.1) is 10.2 Å². The number of anilines is 1. The van der Waals surface area contributed by atoms with Gasteiger partial charge in [0.15, 0.2) is 11.5 Å². The van der Waals surface area contributed by atoms with Crippen molar-refractivity contribution >= 4 is 28.5 Å².